The van der Waals surface area contributed by atoms with Crippen molar-refractivity contribution in [3.8, 4) is 5.75 Å². The fourth-order valence-corrected chi connectivity index (χ4v) is 2.62. The van der Waals surface area contributed by atoms with Crippen molar-refractivity contribution < 1.29 is 4.74 Å². The Morgan fingerprint density at radius 2 is 1.50 bits per heavy atom. The van der Waals surface area contributed by atoms with Gasteiger partial charge >= 0.3 is 0 Å². The Labute approximate surface area is 111 Å². The fourth-order valence-electron chi connectivity index (χ4n) is 2.40. The van der Waals surface area contributed by atoms with Crippen LogP contribution in [0.15, 0.2) is 42.5 Å². The van der Waals surface area contributed by atoms with Gasteiger partial charge in [0.15, 0.2) is 0 Å². The Morgan fingerprint density at radius 3 is 2.28 bits per heavy atom. The SMILES string of the molecule is COc1cccc2c1ccc1c(Cl)c(C)ccc12. The van der Waals surface area contributed by atoms with Gasteiger partial charge in [-0.3, -0.25) is 0 Å². The molecule has 0 aliphatic carbocycles. The lowest BCUT2D eigenvalue weighted by Crippen LogP contribution is -1.86. The van der Waals surface area contributed by atoms with Gasteiger partial charge in [0, 0.05) is 10.8 Å². The highest BCUT2D eigenvalue weighted by Crippen LogP contribution is 2.35. The molecule has 0 aliphatic rings. The van der Waals surface area contributed by atoms with Crippen molar-refractivity contribution in [2.75, 3.05) is 7.11 Å². The summed E-state index contributed by atoms with van der Waals surface area (Å²) in [6, 6.07) is 14.4. The molecule has 0 heterocycles. The number of halogens is 1. The van der Waals surface area contributed by atoms with Crippen LogP contribution < -0.4 is 4.74 Å². The normalized spacial score (nSPS) is 11.1. The van der Waals surface area contributed by atoms with Crippen molar-refractivity contribution in [1.29, 1.82) is 0 Å². The summed E-state index contributed by atoms with van der Waals surface area (Å²) in [5.41, 5.74) is 1.10. The van der Waals surface area contributed by atoms with E-state index in [4.69, 9.17) is 16.3 Å². The molecule has 0 bridgehead atoms. The van der Waals surface area contributed by atoms with E-state index in [0.29, 0.717) is 0 Å². The van der Waals surface area contributed by atoms with Gasteiger partial charge < -0.3 is 4.74 Å². The summed E-state index contributed by atoms with van der Waals surface area (Å²) in [5, 5.41) is 5.39. The van der Waals surface area contributed by atoms with Crippen molar-refractivity contribution >= 4 is 33.1 Å². The first kappa shape index (κ1) is 11.4. The topological polar surface area (TPSA) is 9.23 Å². The van der Waals surface area contributed by atoms with Gasteiger partial charge in [0.05, 0.1) is 12.1 Å². The van der Waals surface area contributed by atoms with Crippen LogP contribution in [0, 0.1) is 6.92 Å². The molecular formula is C16H13ClO. The fraction of sp³-hybridized carbons (Fsp3) is 0.125. The number of aryl methyl sites for hydroxylation is 1. The van der Waals surface area contributed by atoms with Crippen LogP contribution in [0.2, 0.25) is 5.02 Å². The third-order valence-electron chi connectivity index (χ3n) is 3.37. The number of hydrogen-bond donors (Lipinski definition) is 0. The summed E-state index contributed by atoms with van der Waals surface area (Å²) in [6.07, 6.45) is 0. The van der Waals surface area contributed by atoms with Crippen LogP contribution in [-0.2, 0) is 0 Å². The van der Waals surface area contributed by atoms with Crippen LogP contribution >= 0.6 is 11.6 Å². The van der Waals surface area contributed by atoms with Crippen LogP contribution in [-0.4, -0.2) is 7.11 Å². The van der Waals surface area contributed by atoms with E-state index in [-0.39, 0.29) is 0 Å². The van der Waals surface area contributed by atoms with Crippen molar-refractivity contribution in [2.24, 2.45) is 0 Å². The molecule has 1 nitrogen and oxygen atoms in total. The van der Waals surface area contributed by atoms with Crippen LogP contribution in [0.5, 0.6) is 5.75 Å². The zero-order chi connectivity index (χ0) is 12.7. The first-order chi connectivity index (χ1) is 8.72. The summed E-state index contributed by atoms with van der Waals surface area (Å²) in [5.74, 6) is 0.895. The predicted molar refractivity (Wildman–Crippen MR) is 77.8 cm³/mol. The Kier molecular flexibility index (Phi) is 2.64. The predicted octanol–water partition coefficient (Wildman–Crippen LogP) is 4.96. The van der Waals surface area contributed by atoms with E-state index in [1.807, 2.05) is 19.1 Å². The molecular weight excluding hydrogens is 244 g/mol. The number of ether oxygens (including phenoxy) is 1. The molecule has 3 aromatic carbocycles. The van der Waals surface area contributed by atoms with Crippen LogP contribution in [0.4, 0.5) is 0 Å². The lowest BCUT2D eigenvalue weighted by Gasteiger charge is -2.10. The Hall–Kier alpha value is -1.73. The molecule has 0 unspecified atom stereocenters. The highest BCUT2D eigenvalue weighted by Gasteiger charge is 2.08. The molecule has 0 aromatic heterocycles. The van der Waals surface area contributed by atoms with E-state index in [1.165, 1.54) is 10.8 Å². The number of methoxy groups -OCH3 is 1. The highest BCUT2D eigenvalue weighted by atomic mass is 35.5. The van der Waals surface area contributed by atoms with E-state index in [0.717, 1.165) is 27.1 Å². The van der Waals surface area contributed by atoms with Gasteiger partial charge in [-0.2, -0.15) is 0 Å². The lowest BCUT2D eigenvalue weighted by molar-refractivity contribution is 0.420. The molecule has 90 valence electrons. The second kappa shape index (κ2) is 4.18. The zero-order valence-corrected chi connectivity index (χ0v) is 11.1. The molecule has 0 amide bonds. The van der Waals surface area contributed by atoms with Gasteiger partial charge in [-0.05, 0) is 35.4 Å². The number of hydrogen-bond acceptors (Lipinski definition) is 1. The molecule has 0 spiro atoms. The van der Waals surface area contributed by atoms with Gasteiger partial charge in [-0.25, -0.2) is 0 Å². The molecule has 0 atom stereocenters. The second-order valence-electron chi connectivity index (χ2n) is 4.41. The molecule has 0 fully saturated rings. The minimum Gasteiger partial charge on any atom is -0.496 e. The summed E-state index contributed by atoms with van der Waals surface area (Å²) in [7, 11) is 1.70. The van der Waals surface area contributed by atoms with Crippen LogP contribution in [0.1, 0.15) is 5.56 Å². The summed E-state index contributed by atoms with van der Waals surface area (Å²) in [6.45, 7) is 2.03. The summed E-state index contributed by atoms with van der Waals surface area (Å²) in [4.78, 5) is 0. The maximum Gasteiger partial charge on any atom is 0.126 e. The summed E-state index contributed by atoms with van der Waals surface area (Å²) < 4.78 is 5.40. The first-order valence-electron chi connectivity index (χ1n) is 5.87. The van der Waals surface area contributed by atoms with E-state index in [9.17, 15) is 0 Å². The molecule has 0 N–H and O–H groups in total. The molecule has 0 saturated heterocycles. The van der Waals surface area contributed by atoms with Crippen LogP contribution in [0.25, 0.3) is 21.5 Å². The van der Waals surface area contributed by atoms with Crippen molar-refractivity contribution in [3.05, 3.63) is 53.1 Å². The third-order valence-corrected chi connectivity index (χ3v) is 3.87. The quantitative estimate of drug-likeness (QED) is 0.559. The molecule has 18 heavy (non-hydrogen) atoms. The van der Waals surface area contributed by atoms with Gasteiger partial charge in [0.1, 0.15) is 5.75 Å². The molecule has 3 aromatic rings. The van der Waals surface area contributed by atoms with Gasteiger partial charge in [-0.1, -0.05) is 41.9 Å². The maximum absolute atomic E-state index is 6.37. The monoisotopic (exact) mass is 256 g/mol. The minimum absolute atomic E-state index is 0.831. The lowest BCUT2D eigenvalue weighted by atomic mass is 10.00. The Balaban J connectivity index is 2.51. The van der Waals surface area contributed by atoms with E-state index >= 15 is 0 Å². The van der Waals surface area contributed by atoms with Gasteiger partial charge in [-0.15, -0.1) is 0 Å². The van der Waals surface area contributed by atoms with Gasteiger partial charge in [0.2, 0.25) is 0 Å². The number of fused-ring (bicyclic) bond motifs is 3. The molecule has 0 radical (unpaired) electrons. The minimum atomic E-state index is 0.831. The number of benzene rings is 3. The molecule has 3 rings (SSSR count). The van der Waals surface area contributed by atoms with Gasteiger partial charge in [0.25, 0.3) is 0 Å². The van der Waals surface area contributed by atoms with E-state index in [2.05, 4.69) is 30.3 Å². The second-order valence-corrected chi connectivity index (χ2v) is 4.79. The highest BCUT2D eigenvalue weighted by molar-refractivity contribution is 6.37. The zero-order valence-electron chi connectivity index (χ0n) is 10.3. The maximum atomic E-state index is 6.37. The van der Waals surface area contributed by atoms with Crippen molar-refractivity contribution in [2.45, 2.75) is 6.92 Å². The standard InChI is InChI=1S/C16H13ClO/c1-10-6-7-12-11-4-3-5-15(18-2)13(11)8-9-14(12)16(10)17/h3-9H,1-2H3. The Morgan fingerprint density at radius 1 is 0.833 bits per heavy atom. The van der Waals surface area contributed by atoms with Crippen molar-refractivity contribution in [3.63, 3.8) is 0 Å². The average Bonchev–Trinajstić information content (AvgIpc) is 2.41. The first-order valence-corrected chi connectivity index (χ1v) is 6.24. The summed E-state index contributed by atoms with van der Waals surface area (Å²) >= 11 is 6.37. The molecule has 2 heteroatoms. The smallest absolute Gasteiger partial charge is 0.126 e. The molecule has 0 saturated carbocycles. The molecule has 0 aliphatic heterocycles. The largest absolute Gasteiger partial charge is 0.496 e. The number of rotatable bonds is 1. The average molecular weight is 257 g/mol. The third kappa shape index (κ3) is 1.55. The Bertz CT molecular complexity index is 747. The van der Waals surface area contributed by atoms with E-state index < -0.39 is 0 Å². The van der Waals surface area contributed by atoms with E-state index in [1.54, 1.807) is 7.11 Å². The van der Waals surface area contributed by atoms with Crippen molar-refractivity contribution in [1.82, 2.24) is 0 Å². The van der Waals surface area contributed by atoms with Crippen LogP contribution in [0.3, 0.4) is 0 Å².